The zero-order valence-corrected chi connectivity index (χ0v) is 19.2. The van der Waals surface area contributed by atoms with Crippen LogP contribution in [0, 0.1) is 17.7 Å². The summed E-state index contributed by atoms with van der Waals surface area (Å²) in [5.74, 6) is 7.06. The zero-order chi connectivity index (χ0) is 23.3. The predicted octanol–water partition coefficient (Wildman–Crippen LogP) is 6.60. The lowest BCUT2D eigenvalue weighted by Gasteiger charge is -2.11. The largest absolute Gasteiger partial charge is 0.487 e. The van der Waals surface area contributed by atoms with E-state index in [1.165, 1.54) is 29.8 Å². The molecule has 0 spiro atoms. The van der Waals surface area contributed by atoms with E-state index in [0.29, 0.717) is 22.3 Å². The highest BCUT2D eigenvalue weighted by atomic mass is 35.5. The number of aromatic nitrogens is 3. The molecule has 0 unspecified atom stereocenters. The van der Waals surface area contributed by atoms with Crippen LogP contribution in [0.2, 0.25) is 5.02 Å². The molecule has 34 heavy (non-hydrogen) atoms. The SMILES string of the molecule is Fc1cccc(COc2ccc(Nc3ncnc4cc(C#Cc5ccccn5)sc34)cc2Cl)c1. The first-order valence-electron chi connectivity index (χ1n) is 10.3. The van der Waals surface area contributed by atoms with Gasteiger partial charge in [-0.05, 0) is 65.9 Å². The summed E-state index contributed by atoms with van der Waals surface area (Å²) in [6, 6.07) is 19.2. The van der Waals surface area contributed by atoms with Crippen LogP contribution in [-0.2, 0) is 6.61 Å². The van der Waals surface area contributed by atoms with E-state index in [0.717, 1.165) is 26.3 Å². The third kappa shape index (κ3) is 5.15. The second kappa shape index (κ2) is 9.87. The highest BCUT2D eigenvalue weighted by Crippen LogP contribution is 2.33. The number of nitrogens with zero attached hydrogens (tertiary/aromatic N) is 3. The maximum Gasteiger partial charge on any atom is 0.151 e. The molecule has 0 aliphatic heterocycles. The van der Waals surface area contributed by atoms with Gasteiger partial charge in [0, 0.05) is 11.9 Å². The molecule has 3 aromatic heterocycles. The maximum absolute atomic E-state index is 13.4. The quantitative estimate of drug-likeness (QED) is 0.283. The van der Waals surface area contributed by atoms with Crippen LogP contribution >= 0.6 is 22.9 Å². The third-order valence-electron chi connectivity index (χ3n) is 4.77. The molecule has 5 nitrogen and oxygen atoms in total. The normalized spacial score (nSPS) is 10.5. The summed E-state index contributed by atoms with van der Waals surface area (Å²) in [5, 5.41) is 3.72. The van der Waals surface area contributed by atoms with E-state index in [9.17, 15) is 4.39 Å². The number of hydrogen-bond acceptors (Lipinski definition) is 6. The van der Waals surface area contributed by atoms with Gasteiger partial charge < -0.3 is 10.1 Å². The molecular weight excluding hydrogens is 471 g/mol. The molecule has 0 aliphatic carbocycles. The molecule has 2 aromatic carbocycles. The van der Waals surface area contributed by atoms with Crippen molar-refractivity contribution in [3.05, 3.63) is 106 Å². The van der Waals surface area contributed by atoms with Crippen molar-refractivity contribution in [2.24, 2.45) is 0 Å². The van der Waals surface area contributed by atoms with Crippen molar-refractivity contribution in [2.45, 2.75) is 6.61 Å². The van der Waals surface area contributed by atoms with Crippen LogP contribution in [0.15, 0.2) is 79.3 Å². The highest BCUT2D eigenvalue weighted by molar-refractivity contribution is 7.20. The van der Waals surface area contributed by atoms with Crippen LogP contribution in [0.1, 0.15) is 16.1 Å². The van der Waals surface area contributed by atoms with Gasteiger partial charge in [0.05, 0.1) is 20.1 Å². The fourth-order valence-electron chi connectivity index (χ4n) is 3.19. The van der Waals surface area contributed by atoms with Gasteiger partial charge in [-0.15, -0.1) is 11.3 Å². The fourth-order valence-corrected chi connectivity index (χ4v) is 4.33. The van der Waals surface area contributed by atoms with Gasteiger partial charge in [-0.25, -0.2) is 19.3 Å². The Bertz CT molecular complexity index is 1530. The monoisotopic (exact) mass is 486 g/mol. The number of anilines is 2. The Morgan fingerprint density at radius 1 is 0.971 bits per heavy atom. The molecule has 0 fully saturated rings. The molecule has 0 amide bonds. The molecule has 8 heteroatoms. The number of pyridine rings is 1. The summed E-state index contributed by atoms with van der Waals surface area (Å²) >= 11 is 7.92. The Hall–Kier alpha value is -3.99. The van der Waals surface area contributed by atoms with Gasteiger partial charge in [0.15, 0.2) is 5.82 Å². The molecule has 0 radical (unpaired) electrons. The minimum Gasteiger partial charge on any atom is -0.487 e. The smallest absolute Gasteiger partial charge is 0.151 e. The summed E-state index contributed by atoms with van der Waals surface area (Å²) in [4.78, 5) is 13.8. The average Bonchev–Trinajstić information content (AvgIpc) is 3.27. The van der Waals surface area contributed by atoms with Crippen LogP contribution in [0.25, 0.3) is 10.2 Å². The third-order valence-corrected chi connectivity index (χ3v) is 6.11. The molecule has 5 aromatic rings. The number of hydrogen-bond donors (Lipinski definition) is 1. The Labute approximate surface area is 204 Å². The summed E-state index contributed by atoms with van der Waals surface area (Å²) < 4.78 is 20.0. The van der Waals surface area contributed by atoms with Crippen molar-refractivity contribution in [3.8, 4) is 17.6 Å². The van der Waals surface area contributed by atoms with Crippen LogP contribution < -0.4 is 10.1 Å². The predicted molar refractivity (Wildman–Crippen MR) is 133 cm³/mol. The van der Waals surface area contributed by atoms with Gasteiger partial charge in [0.1, 0.15) is 30.2 Å². The lowest BCUT2D eigenvalue weighted by Crippen LogP contribution is -1.98. The molecular formula is C26H16ClFN4OS. The van der Waals surface area contributed by atoms with Crippen molar-refractivity contribution >= 4 is 44.7 Å². The van der Waals surface area contributed by atoms with Crippen molar-refractivity contribution in [1.82, 2.24) is 15.0 Å². The molecule has 3 heterocycles. The van der Waals surface area contributed by atoms with E-state index in [2.05, 4.69) is 32.1 Å². The van der Waals surface area contributed by atoms with Crippen molar-refractivity contribution in [1.29, 1.82) is 0 Å². The Balaban J connectivity index is 1.33. The van der Waals surface area contributed by atoms with Crippen molar-refractivity contribution in [2.75, 3.05) is 5.32 Å². The van der Waals surface area contributed by atoms with Gasteiger partial charge in [-0.2, -0.15) is 0 Å². The lowest BCUT2D eigenvalue weighted by molar-refractivity contribution is 0.306. The number of fused-ring (bicyclic) bond motifs is 1. The van der Waals surface area contributed by atoms with Crippen LogP contribution in [0.3, 0.4) is 0 Å². The van der Waals surface area contributed by atoms with Gasteiger partial charge in [0.2, 0.25) is 0 Å². The number of benzene rings is 2. The lowest BCUT2D eigenvalue weighted by atomic mass is 10.2. The standard InChI is InChI=1S/C26H16ClFN4OS/c27-22-13-20(8-10-24(22)33-15-17-4-3-5-18(28)12-17)32-26-25-23(30-16-31-26)14-21(34-25)9-7-19-6-1-2-11-29-19/h1-6,8,10-14,16H,15H2,(H,30,31,32). The molecule has 166 valence electrons. The van der Waals surface area contributed by atoms with E-state index < -0.39 is 0 Å². The fraction of sp³-hybridized carbons (Fsp3) is 0.0385. The van der Waals surface area contributed by atoms with Gasteiger partial charge >= 0.3 is 0 Å². The number of ether oxygens (including phenoxy) is 1. The molecule has 0 aliphatic rings. The molecule has 0 saturated heterocycles. The number of thiophene rings is 1. The Kier molecular flexibility index (Phi) is 6.34. The Morgan fingerprint density at radius 2 is 1.91 bits per heavy atom. The topological polar surface area (TPSA) is 59.9 Å². The minimum absolute atomic E-state index is 0.217. The van der Waals surface area contributed by atoms with E-state index in [1.54, 1.807) is 30.5 Å². The van der Waals surface area contributed by atoms with E-state index in [1.807, 2.05) is 30.3 Å². The first-order chi connectivity index (χ1) is 16.6. The van der Waals surface area contributed by atoms with E-state index >= 15 is 0 Å². The average molecular weight is 487 g/mol. The molecule has 0 bridgehead atoms. The van der Waals surface area contributed by atoms with Gasteiger partial charge in [0.25, 0.3) is 0 Å². The van der Waals surface area contributed by atoms with Gasteiger partial charge in [-0.3, -0.25) is 0 Å². The first kappa shape index (κ1) is 21.8. The number of rotatable bonds is 5. The number of nitrogens with one attached hydrogen (secondary N) is 1. The second-order valence-electron chi connectivity index (χ2n) is 7.20. The Morgan fingerprint density at radius 3 is 2.74 bits per heavy atom. The zero-order valence-electron chi connectivity index (χ0n) is 17.6. The molecule has 0 saturated carbocycles. The van der Waals surface area contributed by atoms with Crippen molar-refractivity contribution < 1.29 is 9.13 Å². The maximum atomic E-state index is 13.4. The molecule has 5 rings (SSSR count). The van der Waals surface area contributed by atoms with E-state index in [-0.39, 0.29) is 12.4 Å². The van der Waals surface area contributed by atoms with Crippen LogP contribution in [0.4, 0.5) is 15.9 Å². The first-order valence-corrected chi connectivity index (χ1v) is 11.4. The molecule has 0 atom stereocenters. The van der Waals surface area contributed by atoms with Crippen LogP contribution in [0.5, 0.6) is 5.75 Å². The summed E-state index contributed by atoms with van der Waals surface area (Å²) in [5.41, 5.74) is 2.98. The second-order valence-corrected chi connectivity index (χ2v) is 8.66. The van der Waals surface area contributed by atoms with Crippen molar-refractivity contribution in [3.63, 3.8) is 0 Å². The number of halogens is 2. The molecule has 1 N–H and O–H groups in total. The van der Waals surface area contributed by atoms with Crippen LogP contribution in [-0.4, -0.2) is 15.0 Å². The minimum atomic E-state index is -0.303. The highest BCUT2D eigenvalue weighted by Gasteiger charge is 2.10. The van der Waals surface area contributed by atoms with E-state index in [4.69, 9.17) is 16.3 Å². The summed E-state index contributed by atoms with van der Waals surface area (Å²) in [6.45, 7) is 0.217. The summed E-state index contributed by atoms with van der Waals surface area (Å²) in [6.07, 6.45) is 3.22. The van der Waals surface area contributed by atoms with Gasteiger partial charge in [-0.1, -0.05) is 29.8 Å². The summed E-state index contributed by atoms with van der Waals surface area (Å²) in [7, 11) is 0.